The molecule has 2 aromatic heterocycles. The van der Waals surface area contributed by atoms with Gasteiger partial charge in [-0.15, -0.1) is 0 Å². The predicted molar refractivity (Wildman–Crippen MR) is 61.9 cm³/mol. The van der Waals surface area contributed by atoms with Gasteiger partial charge in [-0.1, -0.05) is 0 Å². The Kier molecular flexibility index (Phi) is 3.38. The number of halogens is 1. The van der Waals surface area contributed by atoms with Gasteiger partial charge < -0.3 is 10.1 Å². The number of methoxy groups -OCH3 is 1. The molecule has 0 saturated carbocycles. The summed E-state index contributed by atoms with van der Waals surface area (Å²) in [5, 5.41) is 7.15. The average Bonchev–Trinajstić information content (AvgIpc) is 2.72. The molecule has 0 aliphatic carbocycles. The molecule has 8 heteroatoms. The normalized spacial score (nSPS) is 10.3. The Hall–Kier alpha value is -1.89. The minimum Gasteiger partial charge on any atom is -0.467 e. The number of hydrogen-bond acceptors (Lipinski definition) is 6. The van der Waals surface area contributed by atoms with E-state index in [4.69, 9.17) is 16.3 Å². The molecule has 0 aliphatic heterocycles. The molecule has 0 radical (unpaired) electrons. The third kappa shape index (κ3) is 3.04. The maximum absolute atomic E-state index is 5.72. The van der Waals surface area contributed by atoms with Crippen LogP contribution in [-0.2, 0) is 13.6 Å². The Labute approximate surface area is 103 Å². The lowest BCUT2D eigenvalue weighted by atomic mass is 10.4. The van der Waals surface area contributed by atoms with Gasteiger partial charge in [-0.3, -0.25) is 4.68 Å². The van der Waals surface area contributed by atoms with E-state index in [1.807, 2.05) is 13.2 Å². The van der Waals surface area contributed by atoms with Crippen molar-refractivity contribution in [2.75, 3.05) is 12.4 Å². The number of aromatic nitrogens is 5. The van der Waals surface area contributed by atoms with Gasteiger partial charge in [0.05, 0.1) is 13.3 Å². The Morgan fingerprint density at radius 2 is 2.24 bits per heavy atom. The molecule has 0 spiro atoms. The minimum absolute atomic E-state index is 0.0885. The Balaban J connectivity index is 2.05. The van der Waals surface area contributed by atoms with Crippen molar-refractivity contribution in [3.05, 3.63) is 23.2 Å². The zero-order chi connectivity index (χ0) is 12.3. The van der Waals surface area contributed by atoms with Gasteiger partial charge in [0.25, 0.3) is 0 Å². The van der Waals surface area contributed by atoms with Crippen molar-refractivity contribution in [3.63, 3.8) is 0 Å². The van der Waals surface area contributed by atoms with Crippen LogP contribution in [0.15, 0.2) is 12.4 Å². The summed E-state index contributed by atoms with van der Waals surface area (Å²) in [5.74, 6) is 0.366. The lowest BCUT2D eigenvalue weighted by molar-refractivity contribution is 0.379. The lowest BCUT2D eigenvalue weighted by Gasteiger charge is -2.04. The number of rotatable bonds is 4. The van der Waals surface area contributed by atoms with Crippen LogP contribution in [0.5, 0.6) is 6.01 Å². The van der Waals surface area contributed by atoms with E-state index in [2.05, 4.69) is 25.4 Å². The molecule has 7 nitrogen and oxygen atoms in total. The van der Waals surface area contributed by atoms with Crippen LogP contribution in [0.3, 0.4) is 0 Å². The third-order valence-electron chi connectivity index (χ3n) is 1.98. The van der Waals surface area contributed by atoms with Crippen molar-refractivity contribution in [1.82, 2.24) is 24.7 Å². The van der Waals surface area contributed by atoms with Gasteiger partial charge in [0.15, 0.2) is 0 Å². The SMILES string of the molecule is COc1nc(Cl)nc(NCc2cnn(C)c2)n1. The van der Waals surface area contributed by atoms with E-state index in [1.54, 1.807) is 10.9 Å². The Morgan fingerprint density at radius 1 is 1.41 bits per heavy atom. The molecule has 17 heavy (non-hydrogen) atoms. The predicted octanol–water partition coefficient (Wildman–Crippen LogP) is 0.879. The van der Waals surface area contributed by atoms with Crippen LogP contribution in [0.25, 0.3) is 0 Å². The Bertz CT molecular complexity index is 514. The summed E-state index contributed by atoms with van der Waals surface area (Å²) in [4.78, 5) is 11.7. The number of ether oxygens (including phenoxy) is 1. The van der Waals surface area contributed by atoms with E-state index < -0.39 is 0 Å². The van der Waals surface area contributed by atoms with Crippen molar-refractivity contribution < 1.29 is 4.74 Å². The van der Waals surface area contributed by atoms with Gasteiger partial charge in [0, 0.05) is 25.4 Å². The lowest BCUT2D eigenvalue weighted by Crippen LogP contribution is -2.05. The number of aryl methyl sites for hydroxylation is 1. The maximum atomic E-state index is 5.72. The van der Waals surface area contributed by atoms with Crippen LogP contribution in [0, 0.1) is 0 Å². The highest BCUT2D eigenvalue weighted by atomic mass is 35.5. The first kappa shape index (κ1) is 11.6. The maximum Gasteiger partial charge on any atom is 0.322 e. The minimum atomic E-state index is 0.0885. The second kappa shape index (κ2) is 4.96. The number of anilines is 1. The van der Waals surface area contributed by atoms with Gasteiger partial charge in [-0.05, 0) is 11.6 Å². The third-order valence-corrected chi connectivity index (χ3v) is 2.15. The van der Waals surface area contributed by atoms with Crippen LogP contribution < -0.4 is 10.1 Å². The molecular formula is C9H11ClN6O. The number of hydrogen-bond donors (Lipinski definition) is 1. The van der Waals surface area contributed by atoms with Gasteiger partial charge in [-0.2, -0.15) is 20.1 Å². The summed E-state index contributed by atoms with van der Waals surface area (Å²) in [6.45, 7) is 0.553. The standard InChI is InChI=1S/C9H11ClN6O/c1-16-5-6(4-12-16)3-11-8-13-7(10)14-9(15-8)17-2/h4-5H,3H2,1-2H3,(H,11,13,14,15). The van der Waals surface area contributed by atoms with E-state index in [-0.39, 0.29) is 11.3 Å². The largest absolute Gasteiger partial charge is 0.467 e. The molecule has 0 atom stereocenters. The molecule has 0 aliphatic rings. The van der Waals surface area contributed by atoms with E-state index >= 15 is 0 Å². The molecule has 0 amide bonds. The summed E-state index contributed by atoms with van der Waals surface area (Å²) in [7, 11) is 3.32. The Morgan fingerprint density at radius 3 is 2.88 bits per heavy atom. The first-order valence-corrected chi connectivity index (χ1v) is 5.22. The molecule has 0 aromatic carbocycles. The fraction of sp³-hybridized carbons (Fsp3) is 0.333. The van der Waals surface area contributed by atoms with Crippen LogP contribution in [-0.4, -0.2) is 31.8 Å². The molecule has 0 saturated heterocycles. The van der Waals surface area contributed by atoms with E-state index in [0.29, 0.717) is 12.5 Å². The summed E-state index contributed by atoms with van der Waals surface area (Å²) in [5.41, 5.74) is 1.02. The van der Waals surface area contributed by atoms with Crippen LogP contribution in [0.4, 0.5) is 5.95 Å². The topological polar surface area (TPSA) is 77.8 Å². The number of nitrogens with zero attached hydrogens (tertiary/aromatic N) is 5. The van der Waals surface area contributed by atoms with Gasteiger partial charge in [0.1, 0.15) is 0 Å². The van der Waals surface area contributed by atoms with Crippen molar-refractivity contribution in [3.8, 4) is 6.01 Å². The summed E-state index contributed by atoms with van der Waals surface area (Å²) in [6.07, 6.45) is 3.65. The first-order valence-electron chi connectivity index (χ1n) is 4.84. The van der Waals surface area contributed by atoms with Crippen LogP contribution in [0.1, 0.15) is 5.56 Å². The molecule has 0 bridgehead atoms. The van der Waals surface area contributed by atoms with Gasteiger partial charge in [0.2, 0.25) is 11.2 Å². The van der Waals surface area contributed by atoms with Gasteiger partial charge >= 0.3 is 6.01 Å². The fourth-order valence-electron chi connectivity index (χ4n) is 1.25. The molecule has 0 fully saturated rings. The molecular weight excluding hydrogens is 244 g/mol. The smallest absolute Gasteiger partial charge is 0.322 e. The van der Waals surface area contributed by atoms with Crippen molar-refractivity contribution >= 4 is 17.5 Å². The molecule has 2 rings (SSSR count). The van der Waals surface area contributed by atoms with Crippen molar-refractivity contribution in [1.29, 1.82) is 0 Å². The van der Waals surface area contributed by atoms with Crippen molar-refractivity contribution in [2.24, 2.45) is 7.05 Å². The second-order valence-electron chi connectivity index (χ2n) is 3.29. The van der Waals surface area contributed by atoms with Crippen LogP contribution in [0.2, 0.25) is 5.28 Å². The monoisotopic (exact) mass is 254 g/mol. The molecule has 90 valence electrons. The average molecular weight is 255 g/mol. The van der Waals surface area contributed by atoms with E-state index in [1.165, 1.54) is 7.11 Å². The highest BCUT2D eigenvalue weighted by Crippen LogP contribution is 2.11. The second-order valence-corrected chi connectivity index (χ2v) is 3.63. The fourth-order valence-corrected chi connectivity index (χ4v) is 1.40. The summed E-state index contributed by atoms with van der Waals surface area (Å²) < 4.78 is 6.61. The van der Waals surface area contributed by atoms with E-state index in [0.717, 1.165) is 5.56 Å². The highest BCUT2D eigenvalue weighted by Gasteiger charge is 2.05. The highest BCUT2D eigenvalue weighted by molar-refractivity contribution is 6.28. The first-order chi connectivity index (χ1) is 8.17. The van der Waals surface area contributed by atoms with Gasteiger partial charge in [-0.25, -0.2) is 0 Å². The molecule has 1 N–H and O–H groups in total. The van der Waals surface area contributed by atoms with Crippen molar-refractivity contribution in [2.45, 2.75) is 6.54 Å². The summed E-state index contributed by atoms with van der Waals surface area (Å²) in [6, 6.07) is 0.179. The molecule has 2 aromatic rings. The zero-order valence-electron chi connectivity index (χ0n) is 9.38. The zero-order valence-corrected chi connectivity index (χ0v) is 10.1. The van der Waals surface area contributed by atoms with Crippen LogP contribution >= 0.6 is 11.6 Å². The quantitative estimate of drug-likeness (QED) is 0.873. The molecule has 0 unspecified atom stereocenters. The summed E-state index contributed by atoms with van der Waals surface area (Å²) >= 11 is 5.72. The van der Waals surface area contributed by atoms with E-state index in [9.17, 15) is 0 Å². The number of nitrogens with one attached hydrogen (secondary N) is 1. The molecule has 2 heterocycles.